The number of anilines is 2. The molecule has 2 N–H and O–H groups in total. The number of aromatic nitrogens is 4. The molecule has 0 aromatic carbocycles. The Balaban J connectivity index is 1.40. The van der Waals surface area contributed by atoms with Crippen LogP contribution in [0.1, 0.15) is 24.1 Å². The first-order valence-corrected chi connectivity index (χ1v) is 9.05. The fourth-order valence-electron chi connectivity index (χ4n) is 2.77. The molecule has 0 bridgehead atoms. The van der Waals surface area contributed by atoms with Gasteiger partial charge in [0.1, 0.15) is 6.33 Å². The van der Waals surface area contributed by atoms with Crippen molar-refractivity contribution in [1.82, 2.24) is 19.9 Å². The highest BCUT2D eigenvalue weighted by Gasteiger charge is 2.22. The van der Waals surface area contributed by atoms with Crippen LogP contribution in [-0.4, -0.2) is 26.5 Å². The van der Waals surface area contributed by atoms with Gasteiger partial charge in [0.2, 0.25) is 5.82 Å². The third-order valence-electron chi connectivity index (χ3n) is 4.52. The molecule has 1 aliphatic carbocycles. The zero-order valence-electron chi connectivity index (χ0n) is 15.1. The minimum Gasteiger partial charge on any atom is -0.367 e. The maximum atomic E-state index is 14.5. The Morgan fingerprint density at radius 1 is 1.04 bits per heavy atom. The van der Waals surface area contributed by atoms with Crippen LogP contribution in [-0.2, 0) is 6.54 Å². The Bertz CT molecular complexity index is 924. The molecule has 0 saturated heterocycles. The molecule has 27 heavy (non-hydrogen) atoms. The monoisotopic (exact) mass is 364 g/mol. The van der Waals surface area contributed by atoms with Crippen molar-refractivity contribution in [2.24, 2.45) is 5.92 Å². The molecule has 0 radical (unpaired) electrons. The van der Waals surface area contributed by atoms with E-state index in [4.69, 9.17) is 0 Å². The van der Waals surface area contributed by atoms with Gasteiger partial charge in [-0.2, -0.15) is 4.39 Å². The van der Waals surface area contributed by atoms with Crippen molar-refractivity contribution in [3.8, 4) is 11.3 Å². The number of halogens is 1. The Morgan fingerprint density at radius 2 is 1.85 bits per heavy atom. The smallest absolute Gasteiger partial charge is 0.207 e. The average molecular weight is 364 g/mol. The molecule has 1 aliphatic rings. The van der Waals surface area contributed by atoms with Crippen molar-refractivity contribution in [3.05, 3.63) is 60.1 Å². The van der Waals surface area contributed by atoms with Crippen LogP contribution in [0, 0.1) is 18.7 Å². The number of nitrogens with one attached hydrogen (secondary N) is 2. The van der Waals surface area contributed by atoms with E-state index in [0.29, 0.717) is 12.5 Å². The van der Waals surface area contributed by atoms with Gasteiger partial charge in [0.25, 0.3) is 0 Å². The van der Waals surface area contributed by atoms with Crippen molar-refractivity contribution < 1.29 is 4.39 Å². The van der Waals surface area contributed by atoms with Crippen LogP contribution in [0.2, 0.25) is 0 Å². The molecule has 4 rings (SSSR count). The highest BCUT2D eigenvalue weighted by molar-refractivity contribution is 5.59. The predicted molar refractivity (Wildman–Crippen MR) is 103 cm³/mol. The maximum Gasteiger partial charge on any atom is 0.207 e. The molecule has 1 fully saturated rings. The lowest BCUT2D eigenvalue weighted by Gasteiger charge is -2.10. The molecule has 3 heterocycles. The van der Waals surface area contributed by atoms with E-state index in [-0.39, 0.29) is 11.6 Å². The summed E-state index contributed by atoms with van der Waals surface area (Å²) in [6.45, 7) is 3.14. The van der Waals surface area contributed by atoms with Crippen LogP contribution in [0.25, 0.3) is 11.3 Å². The number of hydrogen-bond acceptors (Lipinski definition) is 6. The van der Waals surface area contributed by atoms with Crippen molar-refractivity contribution in [1.29, 1.82) is 0 Å². The standard InChI is InChI=1S/C20H21FN6/c1-13-8-16(6-7-22-13)17-5-4-15(10-23-17)11-25-20-18(21)19(26-12-27-20)24-9-14-2-3-14/h4-8,10,12,14H,2-3,9,11H2,1H3,(H2,24,25,26,27). The minimum absolute atomic E-state index is 0.192. The number of nitrogens with zero attached hydrogens (tertiary/aromatic N) is 4. The molecule has 0 unspecified atom stereocenters. The van der Waals surface area contributed by atoms with Crippen molar-refractivity contribution in [3.63, 3.8) is 0 Å². The summed E-state index contributed by atoms with van der Waals surface area (Å²) < 4.78 is 14.5. The summed E-state index contributed by atoms with van der Waals surface area (Å²) in [7, 11) is 0. The zero-order valence-corrected chi connectivity index (χ0v) is 15.1. The molecule has 0 aliphatic heterocycles. The summed E-state index contributed by atoms with van der Waals surface area (Å²) in [5.41, 5.74) is 3.79. The normalized spacial score (nSPS) is 13.4. The van der Waals surface area contributed by atoms with Crippen molar-refractivity contribution >= 4 is 11.6 Å². The van der Waals surface area contributed by atoms with Gasteiger partial charge < -0.3 is 10.6 Å². The lowest BCUT2D eigenvalue weighted by molar-refractivity contribution is 0.618. The Morgan fingerprint density at radius 3 is 2.56 bits per heavy atom. The second-order valence-electron chi connectivity index (χ2n) is 6.80. The summed E-state index contributed by atoms with van der Waals surface area (Å²) in [6, 6.07) is 7.84. The first-order chi connectivity index (χ1) is 13.2. The zero-order chi connectivity index (χ0) is 18.6. The van der Waals surface area contributed by atoms with E-state index >= 15 is 0 Å². The Hall–Kier alpha value is -3.09. The van der Waals surface area contributed by atoms with E-state index in [1.165, 1.54) is 19.2 Å². The van der Waals surface area contributed by atoms with Crippen LogP contribution in [0.4, 0.5) is 16.0 Å². The number of aryl methyl sites for hydroxylation is 1. The second kappa shape index (κ2) is 7.65. The number of pyridine rings is 2. The molecule has 1 saturated carbocycles. The lowest BCUT2D eigenvalue weighted by Crippen LogP contribution is -2.11. The SMILES string of the molecule is Cc1cc(-c2ccc(CNc3ncnc(NCC4CC4)c3F)cn2)ccn1. The molecular weight excluding hydrogens is 343 g/mol. The summed E-state index contributed by atoms with van der Waals surface area (Å²) >= 11 is 0. The maximum absolute atomic E-state index is 14.5. The van der Waals surface area contributed by atoms with Crippen LogP contribution < -0.4 is 10.6 Å². The highest BCUT2D eigenvalue weighted by Crippen LogP contribution is 2.29. The summed E-state index contributed by atoms with van der Waals surface area (Å²) in [5.74, 6) is 0.637. The first-order valence-electron chi connectivity index (χ1n) is 9.05. The average Bonchev–Trinajstić information content (AvgIpc) is 3.51. The highest BCUT2D eigenvalue weighted by atomic mass is 19.1. The van der Waals surface area contributed by atoms with Crippen LogP contribution >= 0.6 is 0 Å². The van der Waals surface area contributed by atoms with Gasteiger partial charge in [-0.15, -0.1) is 0 Å². The van der Waals surface area contributed by atoms with Gasteiger partial charge in [0.15, 0.2) is 11.6 Å². The topological polar surface area (TPSA) is 75.6 Å². The van der Waals surface area contributed by atoms with Gasteiger partial charge >= 0.3 is 0 Å². The summed E-state index contributed by atoms with van der Waals surface area (Å²) in [6.07, 6.45) is 7.32. The van der Waals surface area contributed by atoms with Gasteiger partial charge in [-0.3, -0.25) is 9.97 Å². The quantitative estimate of drug-likeness (QED) is 0.664. The molecule has 7 heteroatoms. The molecule has 3 aromatic rings. The lowest BCUT2D eigenvalue weighted by atomic mass is 10.1. The molecule has 6 nitrogen and oxygen atoms in total. The third kappa shape index (κ3) is 4.36. The van der Waals surface area contributed by atoms with Crippen molar-refractivity contribution in [2.45, 2.75) is 26.3 Å². The van der Waals surface area contributed by atoms with Crippen LogP contribution in [0.5, 0.6) is 0 Å². The van der Waals surface area contributed by atoms with E-state index in [2.05, 4.69) is 30.6 Å². The van der Waals surface area contributed by atoms with Crippen molar-refractivity contribution in [2.75, 3.05) is 17.2 Å². The van der Waals surface area contributed by atoms with E-state index in [0.717, 1.165) is 29.1 Å². The molecule has 0 amide bonds. The van der Waals surface area contributed by atoms with Crippen LogP contribution in [0.3, 0.4) is 0 Å². The molecule has 0 atom stereocenters. The van der Waals surface area contributed by atoms with Crippen LogP contribution in [0.15, 0.2) is 43.0 Å². The van der Waals surface area contributed by atoms with Gasteiger partial charge in [0, 0.05) is 36.7 Å². The number of hydrogen-bond donors (Lipinski definition) is 2. The van der Waals surface area contributed by atoms with Gasteiger partial charge in [-0.05, 0) is 49.4 Å². The molecule has 138 valence electrons. The molecule has 3 aromatic heterocycles. The van der Waals surface area contributed by atoms with E-state index in [1.54, 1.807) is 12.4 Å². The Kier molecular flexibility index (Phi) is 4.91. The minimum atomic E-state index is -0.449. The molecule has 0 spiro atoms. The van der Waals surface area contributed by atoms with E-state index in [1.807, 2.05) is 31.2 Å². The fraction of sp³-hybridized carbons (Fsp3) is 0.300. The molecular formula is C20H21FN6. The summed E-state index contributed by atoms with van der Waals surface area (Å²) in [4.78, 5) is 16.7. The third-order valence-corrected chi connectivity index (χ3v) is 4.52. The van der Waals surface area contributed by atoms with E-state index in [9.17, 15) is 4.39 Å². The second-order valence-corrected chi connectivity index (χ2v) is 6.80. The van der Waals surface area contributed by atoms with Gasteiger partial charge in [0.05, 0.1) is 5.69 Å². The van der Waals surface area contributed by atoms with Gasteiger partial charge in [-0.25, -0.2) is 9.97 Å². The summed E-state index contributed by atoms with van der Waals surface area (Å²) in [5, 5.41) is 6.09. The Labute approximate surface area is 157 Å². The number of rotatable bonds is 7. The largest absolute Gasteiger partial charge is 0.367 e. The predicted octanol–water partition coefficient (Wildman–Crippen LogP) is 3.82. The first kappa shape index (κ1) is 17.3. The fourth-order valence-corrected chi connectivity index (χ4v) is 2.77. The van der Waals surface area contributed by atoms with E-state index < -0.39 is 5.82 Å². The van der Waals surface area contributed by atoms with Gasteiger partial charge in [-0.1, -0.05) is 6.07 Å².